The molecule has 3 rings (SSSR count). The Balaban J connectivity index is 1.97. The van der Waals surface area contributed by atoms with Gasteiger partial charge in [-0.25, -0.2) is 0 Å². The molecule has 3 nitrogen and oxygen atoms in total. The van der Waals surface area contributed by atoms with Gasteiger partial charge in [0, 0.05) is 36.4 Å². The average Bonchev–Trinajstić information content (AvgIpc) is 2.70. The van der Waals surface area contributed by atoms with E-state index < -0.39 is 0 Å². The second-order valence-corrected chi connectivity index (χ2v) is 5.13. The van der Waals surface area contributed by atoms with Gasteiger partial charge in [-0.1, -0.05) is 0 Å². The lowest BCUT2D eigenvalue weighted by Gasteiger charge is -2.21. The van der Waals surface area contributed by atoms with E-state index in [2.05, 4.69) is 34.7 Å². The molecule has 18 heavy (non-hydrogen) atoms. The van der Waals surface area contributed by atoms with Gasteiger partial charge < -0.3 is 10.3 Å². The number of aromatic nitrogens is 2. The Morgan fingerprint density at radius 2 is 2.17 bits per heavy atom. The quantitative estimate of drug-likeness (QED) is 0.878. The monoisotopic (exact) mass is 241 g/mol. The van der Waals surface area contributed by atoms with Crippen LogP contribution in [-0.2, 0) is 13.0 Å². The molecule has 2 N–H and O–H groups in total. The van der Waals surface area contributed by atoms with Crippen LogP contribution in [0.25, 0.3) is 0 Å². The third-order valence-electron chi connectivity index (χ3n) is 3.87. The predicted octanol–water partition coefficient (Wildman–Crippen LogP) is 2.58. The highest BCUT2D eigenvalue weighted by Gasteiger charge is 2.21. The molecule has 1 atom stereocenters. The van der Waals surface area contributed by atoms with Crippen molar-refractivity contribution < 1.29 is 0 Å². The van der Waals surface area contributed by atoms with Gasteiger partial charge in [-0.05, 0) is 55.5 Å². The topological polar surface area (TPSA) is 43.8 Å². The number of hydrogen-bond acceptors (Lipinski definition) is 2. The first-order valence-electron chi connectivity index (χ1n) is 6.59. The minimum absolute atomic E-state index is 0.228. The molecular formula is C15H19N3. The van der Waals surface area contributed by atoms with Crippen LogP contribution in [0.3, 0.4) is 0 Å². The minimum atomic E-state index is 0.228. The normalized spacial score (nSPS) is 18.7. The van der Waals surface area contributed by atoms with Crippen molar-refractivity contribution >= 4 is 0 Å². The van der Waals surface area contributed by atoms with E-state index in [0.29, 0.717) is 0 Å². The smallest absolute Gasteiger partial charge is 0.0476 e. The molecule has 0 radical (unpaired) electrons. The Bertz CT molecular complexity index is 542. The third-order valence-corrected chi connectivity index (χ3v) is 3.87. The Morgan fingerprint density at radius 1 is 1.39 bits per heavy atom. The summed E-state index contributed by atoms with van der Waals surface area (Å²) in [6.07, 6.45) is 7.18. The van der Waals surface area contributed by atoms with Gasteiger partial charge in [0.2, 0.25) is 0 Å². The highest BCUT2D eigenvalue weighted by Crippen LogP contribution is 2.31. The lowest BCUT2D eigenvalue weighted by Crippen LogP contribution is -2.18. The van der Waals surface area contributed by atoms with E-state index in [1.807, 2.05) is 12.4 Å². The molecule has 94 valence electrons. The Hall–Kier alpha value is -1.61. The van der Waals surface area contributed by atoms with E-state index in [1.165, 1.54) is 28.9 Å². The van der Waals surface area contributed by atoms with Gasteiger partial charge in [0.05, 0.1) is 0 Å². The number of nitrogens with two attached hydrogens (primary N) is 1. The van der Waals surface area contributed by atoms with Crippen molar-refractivity contribution in [3.05, 3.63) is 53.1 Å². The predicted molar refractivity (Wildman–Crippen MR) is 72.4 cm³/mol. The number of rotatable bonds is 2. The SMILES string of the molecule is Cc1cc2c(n1Cc1ccncc1)CCCC2N. The highest BCUT2D eigenvalue weighted by atomic mass is 15.0. The second kappa shape index (κ2) is 4.58. The van der Waals surface area contributed by atoms with E-state index in [0.717, 1.165) is 19.4 Å². The summed E-state index contributed by atoms with van der Waals surface area (Å²) in [7, 11) is 0. The molecule has 1 aliphatic carbocycles. The van der Waals surface area contributed by atoms with Gasteiger partial charge in [0.25, 0.3) is 0 Å². The fourth-order valence-electron chi connectivity index (χ4n) is 2.89. The van der Waals surface area contributed by atoms with Gasteiger partial charge >= 0.3 is 0 Å². The van der Waals surface area contributed by atoms with Crippen molar-refractivity contribution in [2.75, 3.05) is 0 Å². The highest BCUT2D eigenvalue weighted by molar-refractivity contribution is 5.33. The summed E-state index contributed by atoms with van der Waals surface area (Å²) >= 11 is 0. The molecule has 2 aromatic rings. The molecule has 2 heterocycles. The number of aryl methyl sites for hydroxylation is 1. The number of nitrogens with zero attached hydrogens (tertiary/aromatic N) is 2. The lowest BCUT2D eigenvalue weighted by atomic mass is 9.93. The fraction of sp³-hybridized carbons (Fsp3) is 0.400. The average molecular weight is 241 g/mol. The molecule has 0 aliphatic heterocycles. The maximum atomic E-state index is 6.20. The maximum absolute atomic E-state index is 6.20. The summed E-state index contributed by atoms with van der Waals surface area (Å²) in [6.45, 7) is 3.10. The largest absolute Gasteiger partial charge is 0.344 e. The maximum Gasteiger partial charge on any atom is 0.0476 e. The van der Waals surface area contributed by atoms with Crippen molar-refractivity contribution in [2.45, 2.75) is 38.8 Å². The first kappa shape index (κ1) is 11.5. The van der Waals surface area contributed by atoms with Gasteiger partial charge in [-0.15, -0.1) is 0 Å². The van der Waals surface area contributed by atoms with Crippen LogP contribution in [0.2, 0.25) is 0 Å². The molecule has 0 amide bonds. The lowest BCUT2D eigenvalue weighted by molar-refractivity contribution is 0.546. The van der Waals surface area contributed by atoms with Crippen molar-refractivity contribution in [3.63, 3.8) is 0 Å². The molecule has 0 spiro atoms. The van der Waals surface area contributed by atoms with Crippen LogP contribution in [0.15, 0.2) is 30.6 Å². The van der Waals surface area contributed by atoms with Crippen LogP contribution in [0, 0.1) is 6.92 Å². The molecule has 1 aliphatic rings. The van der Waals surface area contributed by atoms with Gasteiger partial charge in [0.15, 0.2) is 0 Å². The van der Waals surface area contributed by atoms with E-state index in [1.54, 1.807) is 0 Å². The number of hydrogen-bond donors (Lipinski definition) is 1. The van der Waals surface area contributed by atoms with Crippen LogP contribution in [-0.4, -0.2) is 9.55 Å². The minimum Gasteiger partial charge on any atom is -0.344 e. The number of pyridine rings is 1. The van der Waals surface area contributed by atoms with Crippen molar-refractivity contribution in [3.8, 4) is 0 Å². The standard InChI is InChI=1S/C15H19N3/c1-11-9-13-14(16)3-2-4-15(13)18(11)10-12-5-7-17-8-6-12/h5-9,14H,2-4,10,16H2,1H3. The fourth-order valence-corrected chi connectivity index (χ4v) is 2.89. The summed E-state index contributed by atoms with van der Waals surface area (Å²) in [4.78, 5) is 4.07. The van der Waals surface area contributed by atoms with Crippen LogP contribution in [0.1, 0.15) is 41.4 Å². The van der Waals surface area contributed by atoms with Crippen molar-refractivity contribution in [2.24, 2.45) is 5.73 Å². The van der Waals surface area contributed by atoms with Crippen LogP contribution in [0.5, 0.6) is 0 Å². The summed E-state index contributed by atoms with van der Waals surface area (Å²) < 4.78 is 2.41. The van der Waals surface area contributed by atoms with Crippen molar-refractivity contribution in [1.82, 2.24) is 9.55 Å². The molecular weight excluding hydrogens is 222 g/mol. The molecule has 3 heteroatoms. The summed E-state index contributed by atoms with van der Waals surface area (Å²) in [5.74, 6) is 0. The molecule has 0 fully saturated rings. The van der Waals surface area contributed by atoms with E-state index in [-0.39, 0.29) is 6.04 Å². The summed E-state index contributed by atoms with van der Waals surface area (Å²) in [5.41, 5.74) is 11.6. The van der Waals surface area contributed by atoms with E-state index >= 15 is 0 Å². The van der Waals surface area contributed by atoms with Gasteiger partial charge in [-0.2, -0.15) is 0 Å². The summed E-state index contributed by atoms with van der Waals surface area (Å²) in [6, 6.07) is 6.65. The zero-order chi connectivity index (χ0) is 12.5. The van der Waals surface area contributed by atoms with Crippen LogP contribution < -0.4 is 5.73 Å². The third kappa shape index (κ3) is 1.95. The first-order chi connectivity index (χ1) is 8.75. The zero-order valence-electron chi connectivity index (χ0n) is 10.8. The van der Waals surface area contributed by atoms with Gasteiger partial charge in [0.1, 0.15) is 0 Å². The molecule has 0 aromatic carbocycles. The van der Waals surface area contributed by atoms with E-state index in [9.17, 15) is 0 Å². The Morgan fingerprint density at radius 3 is 2.94 bits per heavy atom. The van der Waals surface area contributed by atoms with E-state index in [4.69, 9.17) is 5.73 Å². The first-order valence-corrected chi connectivity index (χ1v) is 6.59. The molecule has 2 aromatic heterocycles. The molecule has 1 unspecified atom stereocenters. The second-order valence-electron chi connectivity index (χ2n) is 5.13. The Labute approximate surface area is 108 Å². The molecule has 0 saturated carbocycles. The van der Waals surface area contributed by atoms with Crippen LogP contribution in [0.4, 0.5) is 0 Å². The molecule has 0 saturated heterocycles. The van der Waals surface area contributed by atoms with Crippen LogP contribution >= 0.6 is 0 Å². The Kier molecular flexibility index (Phi) is 2.92. The van der Waals surface area contributed by atoms with Crippen molar-refractivity contribution in [1.29, 1.82) is 0 Å². The summed E-state index contributed by atoms with van der Waals surface area (Å²) in [5, 5.41) is 0. The van der Waals surface area contributed by atoms with Gasteiger partial charge in [-0.3, -0.25) is 4.98 Å². The molecule has 0 bridgehead atoms. The number of fused-ring (bicyclic) bond motifs is 1. The zero-order valence-corrected chi connectivity index (χ0v) is 10.8.